The third kappa shape index (κ3) is 4.70. The van der Waals surface area contributed by atoms with Gasteiger partial charge in [-0.15, -0.1) is 0 Å². The number of anilines is 2. The first-order chi connectivity index (χ1) is 16.5. The summed E-state index contributed by atoms with van der Waals surface area (Å²) in [5.74, 6) is 0.901. The van der Waals surface area contributed by atoms with E-state index < -0.39 is 0 Å². The van der Waals surface area contributed by atoms with Crippen molar-refractivity contribution in [3.63, 3.8) is 0 Å². The van der Waals surface area contributed by atoms with Crippen LogP contribution in [0, 0.1) is 5.92 Å². The molecule has 5 N–H and O–H groups in total. The molecule has 174 valence electrons. The van der Waals surface area contributed by atoms with Gasteiger partial charge in [0.05, 0.1) is 16.9 Å². The maximum atomic E-state index is 12.7. The highest BCUT2D eigenvalue weighted by molar-refractivity contribution is 6.33. The molecule has 0 spiro atoms. The van der Waals surface area contributed by atoms with Crippen molar-refractivity contribution in [1.29, 1.82) is 0 Å². The number of H-pyrrole nitrogens is 1. The average Bonchev–Trinajstić information content (AvgIpc) is 3.24. The summed E-state index contributed by atoms with van der Waals surface area (Å²) in [5.41, 5.74) is 9.65. The van der Waals surface area contributed by atoms with Crippen LogP contribution in [0.3, 0.4) is 0 Å². The molecular formula is C26H27ClN6O. The lowest BCUT2D eigenvalue weighted by Gasteiger charge is -2.34. The van der Waals surface area contributed by atoms with Crippen molar-refractivity contribution in [1.82, 2.24) is 20.3 Å². The third-order valence-corrected chi connectivity index (χ3v) is 6.65. The predicted octanol–water partition coefficient (Wildman–Crippen LogP) is 5.26. The Hall–Kier alpha value is -3.58. The minimum atomic E-state index is -0.0813. The molecule has 34 heavy (non-hydrogen) atoms. The number of aromatic nitrogens is 3. The largest absolute Gasteiger partial charge is 0.399 e. The second-order valence-electron chi connectivity index (χ2n) is 9.08. The van der Waals surface area contributed by atoms with Gasteiger partial charge in [-0.3, -0.25) is 4.79 Å². The van der Waals surface area contributed by atoms with Crippen molar-refractivity contribution >= 4 is 40.0 Å². The molecule has 8 heteroatoms. The highest BCUT2D eigenvalue weighted by Gasteiger charge is 2.28. The van der Waals surface area contributed by atoms with Crippen molar-refractivity contribution in [3.8, 4) is 11.3 Å². The highest BCUT2D eigenvalue weighted by Crippen LogP contribution is 2.33. The zero-order valence-electron chi connectivity index (χ0n) is 18.9. The first-order valence-corrected chi connectivity index (χ1v) is 11.9. The summed E-state index contributed by atoms with van der Waals surface area (Å²) in [4.78, 5) is 25.2. The first-order valence-electron chi connectivity index (χ1n) is 11.5. The van der Waals surface area contributed by atoms with E-state index in [1.54, 1.807) is 30.5 Å². The summed E-state index contributed by atoms with van der Waals surface area (Å²) >= 11 is 6.48. The van der Waals surface area contributed by atoms with Crippen molar-refractivity contribution in [2.75, 3.05) is 11.1 Å². The first kappa shape index (κ1) is 22.2. The zero-order chi connectivity index (χ0) is 23.7. The zero-order valence-corrected chi connectivity index (χ0v) is 19.6. The van der Waals surface area contributed by atoms with Gasteiger partial charge < -0.3 is 21.4 Å². The summed E-state index contributed by atoms with van der Waals surface area (Å²) in [5, 5.41) is 8.22. The fourth-order valence-corrected chi connectivity index (χ4v) is 5.01. The summed E-state index contributed by atoms with van der Waals surface area (Å²) in [6, 6.07) is 15.2. The minimum absolute atomic E-state index is 0.0618. The van der Waals surface area contributed by atoms with Crippen LogP contribution < -0.4 is 16.4 Å². The smallest absolute Gasteiger partial charge is 0.251 e. The minimum Gasteiger partial charge on any atom is -0.399 e. The molecule has 3 unspecified atom stereocenters. The van der Waals surface area contributed by atoms with Crippen molar-refractivity contribution < 1.29 is 4.79 Å². The van der Waals surface area contributed by atoms with E-state index in [0.717, 1.165) is 35.7 Å². The Morgan fingerprint density at radius 3 is 2.68 bits per heavy atom. The summed E-state index contributed by atoms with van der Waals surface area (Å²) in [6.45, 7) is 2.20. The predicted molar refractivity (Wildman–Crippen MR) is 137 cm³/mol. The number of hydrogen-bond donors (Lipinski definition) is 4. The Kier molecular flexibility index (Phi) is 6.11. The lowest BCUT2D eigenvalue weighted by molar-refractivity contribution is 0.0919. The van der Waals surface area contributed by atoms with E-state index >= 15 is 0 Å². The molecule has 2 aromatic carbocycles. The molecule has 1 fully saturated rings. The number of carbonyl (C=O) groups excluding carboxylic acids is 1. The molecule has 5 rings (SSSR count). The number of para-hydroxylation sites is 1. The number of nitrogen functional groups attached to an aromatic ring is 1. The van der Waals surface area contributed by atoms with Gasteiger partial charge in [0.2, 0.25) is 5.95 Å². The Labute approximate surface area is 203 Å². The Morgan fingerprint density at radius 1 is 1.09 bits per heavy atom. The van der Waals surface area contributed by atoms with Gasteiger partial charge in [-0.2, -0.15) is 0 Å². The van der Waals surface area contributed by atoms with Crippen LogP contribution >= 0.6 is 11.6 Å². The van der Waals surface area contributed by atoms with E-state index in [1.165, 1.54) is 0 Å². The van der Waals surface area contributed by atoms with Crippen molar-refractivity contribution in [3.05, 3.63) is 71.5 Å². The molecular weight excluding hydrogens is 448 g/mol. The van der Waals surface area contributed by atoms with Crippen LogP contribution in [0.2, 0.25) is 5.02 Å². The molecule has 3 atom stereocenters. The topological polar surface area (TPSA) is 109 Å². The summed E-state index contributed by atoms with van der Waals surface area (Å²) < 4.78 is 0. The van der Waals surface area contributed by atoms with Crippen molar-refractivity contribution in [2.45, 2.75) is 38.3 Å². The lowest BCUT2D eigenvalue weighted by Crippen LogP contribution is -2.44. The van der Waals surface area contributed by atoms with Gasteiger partial charge in [-0.25, -0.2) is 9.97 Å². The van der Waals surface area contributed by atoms with Gasteiger partial charge in [-0.05, 0) is 55.5 Å². The molecule has 0 saturated heterocycles. The number of hydrogen-bond acceptors (Lipinski definition) is 5. The van der Waals surface area contributed by atoms with E-state index in [4.69, 9.17) is 22.3 Å². The van der Waals surface area contributed by atoms with E-state index in [0.29, 0.717) is 33.8 Å². The number of aromatic amines is 1. The van der Waals surface area contributed by atoms with Crippen LogP contribution in [0.5, 0.6) is 0 Å². The maximum absolute atomic E-state index is 12.7. The van der Waals surface area contributed by atoms with Crippen LogP contribution in [0.15, 0.2) is 60.9 Å². The third-order valence-electron chi connectivity index (χ3n) is 6.37. The number of halogens is 1. The summed E-state index contributed by atoms with van der Waals surface area (Å²) in [6.07, 6.45) is 6.26. The Morgan fingerprint density at radius 2 is 1.85 bits per heavy atom. The molecule has 1 amide bonds. The van der Waals surface area contributed by atoms with Crippen LogP contribution in [0.1, 0.15) is 36.5 Å². The molecule has 2 heterocycles. The molecule has 0 radical (unpaired) electrons. The van der Waals surface area contributed by atoms with Gasteiger partial charge in [0, 0.05) is 46.0 Å². The monoisotopic (exact) mass is 474 g/mol. The SMILES string of the molecule is CC1CC(NC(=O)c2ccc(N)cc2)CC(Nc2ncc(Cl)c(-c3c[nH]c4ccccc34)n2)C1. The maximum Gasteiger partial charge on any atom is 0.251 e. The van der Waals surface area contributed by atoms with Crippen LogP contribution in [-0.2, 0) is 0 Å². The van der Waals surface area contributed by atoms with Crippen LogP contribution in [0.4, 0.5) is 11.6 Å². The fourth-order valence-electron chi connectivity index (χ4n) is 4.82. The van der Waals surface area contributed by atoms with Gasteiger partial charge in [0.25, 0.3) is 5.91 Å². The van der Waals surface area contributed by atoms with E-state index in [-0.39, 0.29) is 18.0 Å². The fraction of sp³-hybridized carbons (Fsp3) is 0.269. The van der Waals surface area contributed by atoms with E-state index in [2.05, 4.69) is 27.5 Å². The van der Waals surface area contributed by atoms with Crippen LogP contribution in [0.25, 0.3) is 22.2 Å². The molecule has 1 aliphatic carbocycles. The number of carbonyl (C=O) groups is 1. The van der Waals surface area contributed by atoms with Gasteiger partial charge in [0.15, 0.2) is 0 Å². The highest BCUT2D eigenvalue weighted by atomic mass is 35.5. The van der Waals surface area contributed by atoms with E-state index in [9.17, 15) is 4.79 Å². The molecule has 0 bridgehead atoms. The lowest BCUT2D eigenvalue weighted by atomic mass is 9.83. The normalized spacial score (nSPS) is 20.2. The number of nitrogens with one attached hydrogen (secondary N) is 3. The second kappa shape index (κ2) is 9.35. The van der Waals surface area contributed by atoms with Gasteiger partial charge >= 0.3 is 0 Å². The second-order valence-corrected chi connectivity index (χ2v) is 9.49. The van der Waals surface area contributed by atoms with Crippen LogP contribution in [-0.4, -0.2) is 32.9 Å². The number of benzene rings is 2. The number of nitrogens with zero attached hydrogens (tertiary/aromatic N) is 2. The van der Waals surface area contributed by atoms with Crippen molar-refractivity contribution in [2.24, 2.45) is 5.92 Å². The Bertz CT molecular complexity index is 1320. The average molecular weight is 475 g/mol. The van der Waals surface area contributed by atoms with Gasteiger partial charge in [-0.1, -0.05) is 36.7 Å². The molecule has 0 aliphatic heterocycles. The standard InChI is InChI=1S/C26H27ClN6O/c1-15-10-18(31-25(34)16-6-8-17(28)9-7-16)12-19(11-15)32-26-30-14-22(27)24(33-26)21-13-29-23-5-3-2-4-20(21)23/h2-9,13-15,18-19,29H,10-12,28H2,1H3,(H,31,34)(H,30,32,33). The summed E-state index contributed by atoms with van der Waals surface area (Å²) in [7, 11) is 0. The van der Waals surface area contributed by atoms with Gasteiger partial charge in [0.1, 0.15) is 0 Å². The molecule has 1 saturated carbocycles. The van der Waals surface area contributed by atoms with E-state index in [1.807, 2.05) is 30.5 Å². The number of amides is 1. The number of fused-ring (bicyclic) bond motifs is 1. The number of nitrogens with two attached hydrogens (primary N) is 1. The number of rotatable bonds is 5. The molecule has 2 aromatic heterocycles. The Balaban J connectivity index is 1.31. The molecule has 7 nitrogen and oxygen atoms in total. The molecule has 1 aliphatic rings. The molecule has 4 aromatic rings. The quantitative estimate of drug-likeness (QED) is 0.295.